The van der Waals surface area contributed by atoms with Crippen molar-refractivity contribution in [1.82, 2.24) is 4.73 Å². The number of hydrogen-bond donors (Lipinski definition) is 2. The zero-order chi connectivity index (χ0) is 9.42. The molecule has 4 heteroatoms. The van der Waals surface area contributed by atoms with Crippen LogP contribution in [0.2, 0.25) is 0 Å². The molecule has 0 aliphatic heterocycles. The van der Waals surface area contributed by atoms with Crippen LogP contribution in [0.3, 0.4) is 0 Å². The summed E-state index contributed by atoms with van der Waals surface area (Å²) in [6.07, 6.45) is 0. The molecule has 13 heavy (non-hydrogen) atoms. The summed E-state index contributed by atoms with van der Waals surface area (Å²) in [5, 5.41) is 19.3. The second-order valence-corrected chi connectivity index (χ2v) is 2.72. The molecule has 1 aromatic carbocycles. The third-order valence-corrected chi connectivity index (χ3v) is 1.91. The highest BCUT2D eigenvalue weighted by atomic mass is 16.7. The van der Waals surface area contributed by atoms with Gasteiger partial charge in [0.25, 0.3) is 0 Å². The quantitative estimate of drug-likeness (QED) is 0.689. The Morgan fingerprint density at radius 3 is 2.69 bits per heavy atom. The number of nitrogens with zero attached hydrogens (tertiary/aromatic N) is 1. The first-order chi connectivity index (χ1) is 6.22. The van der Waals surface area contributed by atoms with Gasteiger partial charge in [0, 0.05) is 11.5 Å². The first-order valence-corrected chi connectivity index (χ1v) is 3.80. The summed E-state index contributed by atoms with van der Waals surface area (Å²) in [6, 6.07) is 6.30. The summed E-state index contributed by atoms with van der Waals surface area (Å²) in [5.74, 6) is 0.184. The molecule has 0 radical (unpaired) electrons. The summed E-state index contributed by atoms with van der Waals surface area (Å²) < 4.78 is 1.29. The third-order valence-electron chi connectivity index (χ3n) is 1.91. The maximum Gasteiger partial charge on any atom is 0.226 e. The average molecular weight is 179 g/mol. The monoisotopic (exact) mass is 179 g/mol. The second-order valence-electron chi connectivity index (χ2n) is 2.72. The van der Waals surface area contributed by atoms with Crippen LogP contribution >= 0.6 is 0 Å². The van der Waals surface area contributed by atoms with Gasteiger partial charge in [-0.25, -0.2) is 0 Å². The highest BCUT2D eigenvalue weighted by Crippen LogP contribution is 2.26. The molecule has 0 atom stereocenters. The van der Waals surface area contributed by atoms with Crippen molar-refractivity contribution >= 4 is 10.9 Å². The Bertz CT molecular complexity index is 447. The van der Waals surface area contributed by atoms with Gasteiger partial charge in [0.15, 0.2) is 0 Å². The maximum atomic E-state index is 9.38. The zero-order valence-electron chi connectivity index (χ0n) is 7.06. The number of hydrogen-bond acceptors (Lipinski definition) is 3. The van der Waals surface area contributed by atoms with E-state index in [1.807, 2.05) is 0 Å². The summed E-state index contributed by atoms with van der Waals surface area (Å²) in [4.78, 5) is 4.92. The smallest absolute Gasteiger partial charge is 0.226 e. The molecule has 4 nitrogen and oxygen atoms in total. The number of benzene rings is 1. The Morgan fingerprint density at radius 2 is 2.00 bits per heavy atom. The van der Waals surface area contributed by atoms with Gasteiger partial charge in [-0.3, -0.25) is 0 Å². The van der Waals surface area contributed by atoms with Gasteiger partial charge in [-0.2, -0.15) is 0 Å². The first kappa shape index (κ1) is 7.79. The minimum atomic E-state index is 0.0168. The molecule has 0 bridgehead atoms. The summed E-state index contributed by atoms with van der Waals surface area (Å²) in [6.45, 7) is 0. The highest BCUT2D eigenvalue weighted by Gasteiger charge is 2.07. The van der Waals surface area contributed by atoms with Crippen molar-refractivity contribution in [2.75, 3.05) is 7.11 Å². The van der Waals surface area contributed by atoms with Crippen molar-refractivity contribution < 1.29 is 15.1 Å². The van der Waals surface area contributed by atoms with Gasteiger partial charge in [0.2, 0.25) is 5.88 Å². The summed E-state index contributed by atoms with van der Waals surface area (Å²) in [7, 11) is 1.46. The number of rotatable bonds is 1. The van der Waals surface area contributed by atoms with E-state index >= 15 is 0 Å². The van der Waals surface area contributed by atoms with Crippen LogP contribution in [0.1, 0.15) is 0 Å². The molecule has 2 aromatic rings. The minimum absolute atomic E-state index is 0.0168. The topological polar surface area (TPSA) is 54.6 Å². The van der Waals surface area contributed by atoms with E-state index in [4.69, 9.17) is 4.84 Å². The number of phenols is 1. The van der Waals surface area contributed by atoms with Gasteiger partial charge in [-0.1, -0.05) is 0 Å². The lowest BCUT2D eigenvalue weighted by atomic mass is 10.2. The van der Waals surface area contributed by atoms with Crippen LogP contribution in [-0.2, 0) is 0 Å². The molecule has 0 saturated heterocycles. The predicted molar refractivity (Wildman–Crippen MR) is 47.8 cm³/mol. The predicted octanol–water partition coefficient (Wildman–Crippen LogP) is 1.11. The molecule has 0 saturated carbocycles. The van der Waals surface area contributed by atoms with Crippen molar-refractivity contribution in [3.05, 3.63) is 24.3 Å². The molecule has 0 amide bonds. The lowest BCUT2D eigenvalue weighted by Gasteiger charge is -2.02. The number of aromatic nitrogens is 1. The first-order valence-electron chi connectivity index (χ1n) is 3.80. The fourth-order valence-electron chi connectivity index (χ4n) is 1.36. The minimum Gasteiger partial charge on any atom is -0.508 e. The van der Waals surface area contributed by atoms with Crippen molar-refractivity contribution in [2.24, 2.45) is 0 Å². The summed E-state index contributed by atoms with van der Waals surface area (Å²) >= 11 is 0. The highest BCUT2D eigenvalue weighted by molar-refractivity contribution is 5.83. The van der Waals surface area contributed by atoms with Gasteiger partial charge in [-0.15, -0.1) is 4.73 Å². The number of fused-ring (bicyclic) bond motifs is 1. The second kappa shape index (κ2) is 2.58. The van der Waals surface area contributed by atoms with Crippen molar-refractivity contribution in [1.29, 1.82) is 0 Å². The Morgan fingerprint density at radius 1 is 1.23 bits per heavy atom. The van der Waals surface area contributed by atoms with Crippen LogP contribution < -0.4 is 4.84 Å². The Kier molecular flexibility index (Phi) is 1.55. The lowest BCUT2D eigenvalue weighted by molar-refractivity contribution is 0.152. The third kappa shape index (κ3) is 1.07. The average Bonchev–Trinajstić information content (AvgIpc) is 2.39. The van der Waals surface area contributed by atoms with Crippen LogP contribution in [0.15, 0.2) is 24.3 Å². The Hall–Kier alpha value is -1.84. The molecule has 1 heterocycles. The molecule has 0 fully saturated rings. The molecule has 0 aliphatic carbocycles. The number of phenolic OH excluding ortho intramolecular Hbond substituents is 1. The summed E-state index contributed by atoms with van der Waals surface area (Å²) in [5.41, 5.74) is 0.720. The molecule has 2 N–H and O–H groups in total. The van der Waals surface area contributed by atoms with Gasteiger partial charge in [0.1, 0.15) is 12.9 Å². The normalized spacial score (nSPS) is 10.5. The Balaban J connectivity index is 2.79. The molecular weight excluding hydrogens is 170 g/mol. The van der Waals surface area contributed by atoms with Crippen LogP contribution in [0.5, 0.6) is 11.6 Å². The van der Waals surface area contributed by atoms with Crippen molar-refractivity contribution in [3.63, 3.8) is 0 Å². The van der Waals surface area contributed by atoms with E-state index in [2.05, 4.69) is 0 Å². The van der Waals surface area contributed by atoms with Crippen LogP contribution in [0, 0.1) is 0 Å². The Labute approximate surface area is 74.6 Å². The fourth-order valence-corrected chi connectivity index (χ4v) is 1.36. The number of aromatic hydroxyl groups is 2. The molecular formula is C9H9NO3. The van der Waals surface area contributed by atoms with Crippen molar-refractivity contribution in [2.45, 2.75) is 0 Å². The molecule has 0 spiro atoms. The molecule has 68 valence electrons. The van der Waals surface area contributed by atoms with E-state index in [9.17, 15) is 10.2 Å². The van der Waals surface area contributed by atoms with Gasteiger partial charge in [-0.05, 0) is 18.2 Å². The largest absolute Gasteiger partial charge is 0.508 e. The van der Waals surface area contributed by atoms with E-state index in [1.165, 1.54) is 24.0 Å². The van der Waals surface area contributed by atoms with Gasteiger partial charge in [0.05, 0.1) is 5.52 Å². The maximum absolute atomic E-state index is 9.38. The van der Waals surface area contributed by atoms with E-state index in [0.717, 1.165) is 10.9 Å². The molecule has 0 aliphatic rings. The van der Waals surface area contributed by atoms with Gasteiger partial charge >= 0.3 is 0 Å². The van der Waals surface area contributed by atoms with Crippen molar-refractivity contribution in [3.8, 4) is 11.6 Å². The van der Waals surface area contributed by atoms with Crippen LogP contribution in [0.25, 0.3) is 10.9 Å². The zero-order valence-corrected chi connectivity index (χ0v) is 7.06. The van der Waals surface area contributed by atoms with Crippen LogP contribution in [-0.4, -0.2) is 22.1 Å². The van der Waals surface area contributed by atoms with Gasteiger partial charge < -0.3 is 15.1 Å². The van der Waals surface area contributed by atoms with Crippen LogP contribution in [0.4, 0.5) is 0 Å². The lowest BCUT2D eigenvalue weighted by Crippen LogP contribution is -2.03. The SMILES string of the molecule is COn1c(O)cc2cc(O)ccc21. The molecule has 1 aromatic heterocycles. The molecule has 0 unspecified atom stereocenters. The fraction of sp³-hybridized carbons (Fsp3) is 0.111. The van der Waals surface area contributed by atoms with E-state index in [1.54, 1.807) is 12.1 Å². The van der Waals surface area contributed by atoms with E-state index < -0.39 is 0 Å². The van der Waals surface area contributed by atoms with E-state index in [-0.39, 0.29) is 11.6 Å². The molecule has 2 rings (SSSR count). The van der Waals surface area contributed by atoms with E-state index in [0.29, 0.717) is 0 Å². The standard InChI is InChI=1S/C9H9NO3/c1-13-10-8-3-2-7(11)4-6(8)5-9(10)12/h2-5,11-12H,1H3.